The van der Waals surface area contributed by atoms with E-state index in [-0.39, 0.29) is 12.0 Å². The van der Waals surface area contributed by atoms with Crippen molar-refractivity contribution in [2.24, 2.45) is 5.92 Å². The van der Waals surface area contributed by atoms with Gasteiger partial charge in [0.15, 0.2) is 0 Å². The van der Waals surface area contributed by atoms with Gasteiger partial charge in [0.1, 0.15) is 35.8 Å². The quantitative estimate of drug-likeness (QED) is 0.530. The first-order valence-corrected chi connectivity index (χ1v) is 9.93. The smallest absolute Gasteiger partial charge is 0.149 e. The van der Waals surface area contributed by atoms with Crippen LogP contribution in [0.15, 0.2) is 43.5 Å². The molecule has 0 aromatic carbocycles. The van der Waals surface area contributed by atoms with Crippen LogP contribution in [0.5, 0.6) is 0 Å². The molecule has 0 saturated carbocycles. The molecule has 4 aromatic rings. The molecule has 5 rings (SSSR count). The maximum atomic E-state index is 9.47. The fraction of sp³-hybridized carbons (Fsp3) is 0.286. The Morgan fingerprint density at radius 2 is 2.13 bits per heavy atom. The summed E-state index contributed by atoms with van der Waals surface area (Å²) in [6, 6.07) is 6.32. The molecular formula is C21H18N10. The highest BCUT2D eigenvalue weighted by Crippen LogP contribution is 2.34. The average molecular weight is 410 g/mol. The minimum atomic E-state index is -0.0836. The Kier molecular flexibility index (Phi) is 4.73. The van der Waals surface area contributed by atoms with Gasteiger partial charge in [-0.2, -0.15) is 15.6 Å². The number of hydrogen-bond donors (Lipinski definition) is 1. The van der Waals surface area contributed by atoms with Crippen molar-refractivity contribution in [2.45, 2.75) is 18.9 Å². The van der Waals surface area contributed by atoms with Crippen molar-refractivity contribution in [3.05, 3.63) is 49.1 Å². The summed E-state index contributed by atoms with van der Waals surface area (Å²) >= 11 is 0. The molecule has 0 aliphatic carbocycles. The van der Waals surface area contributed by atoms with E-state index in [2.05, 4.69) is 47.1 Å². The Morgan fingerprint density at radius 3 is 3.00 bits per heavy atom. The van der Waals surface area contributed by atoms with Crippen molar-refractivity contribution in [1.29, 1.82) is 10.5 Å². The topological polar surface area (TPSA) is 136 Å². The van der Waals surface area contributed by atoms with Gasteiger partial charge in [-0.05, 0) is 12.5 Å². The van der Waals surface area contributed by atoms with Gasteiger partial charge < -0.3 is 9.88 Å². The molecule has 10 heteroatoms. The van der Waals surface area contributed by atoms with Gasteiger partial charge in [-0.15, -0.1) is 0 Å². The number of fused-ring (bicyclic) bond motifs is 1. The molecule has 2 atom stereocenters. The van der Waals surface area contributed by atoms with E-state index in [0.29, 0.717) is 24.3 Å². The van der Waals surface area contributed by atoms with Crippen LogP contribution in [-0.4, -0.2) is 47.8 Å². The summed E-state index contributed by atoms with van der Waals surface area (Å²) in [5.41, 5.74) is 2.92. The van der Waals surface area contributed by atoms with Crippen molar-refractivity contribution < 1.29 is 0 Å². The highest BCUT2D eigenvalue weighted by atomic mass is 15.3. The van der Waals surface area contributed by atoms with E-state index in [1.165, 1.54) is 18.9 Å². The van der Waals surface area contributed by atoms with Crippen LogP contribution in [0.2, 0.25) is 0 Å². The molecule has 1 aliphatic rings. The summed E-state index contributed by atoms with van der Waals surface area (Å²) < 4.78 is 1.87. The normalized spacial score (nSPS) is 16.8. The van der Waals surface area contributed by atoms with Crippen molar-refractivity contribution >= 4 is 16.9 Å². The second-order valence-electron chi connectivity index (χ2n) is 7.47. The first-order valence-electron chi connectivity index (χ1n) is 9.93. The van der Waals surface area contributed by atoms with Crippen LogP contribution in [-0.2, 0) is 0 Å². The molecule has 5 heterocycles. The highest BCUT2D eigenvalue weighted by molar-refractivity contribution is 5.89. The van der Waals surface area contributed by atoms with Gasteiger partial charge in [0.25, 0.3) is 0 Å². The highest BCUT2D eigenvalue weighted by Gasteiger charge is 2.33. The zero-order valence-corrected chi connectivity index (χ0v) is 16.5. The predicted octanol–water partition coefficient (Wildman–Crippen LogP) is 2.46. The number of aromatic amines is 1. The van der Waals surface area contributed by atoms with Gasteiger partial charge in [0.05, 0.1) is 36.6 Å². The maximum Gasteiger partial charge on any atom is 0.149 e. The number of nitriles is 2. The minimum absolute atomic E-state index is 0.0836. The van der Waals surface area contributed by atoms with Crippen LogP contribution in [0.25, 0.3) is 22.3 Å². The molecule has 1 fully saturated rings. The first kappa shape index (κ1) is 18.7. The summed E-state index contributed by atoms with van der Waals surface area (Å²) in [4.78, 5) is 22.1. The Morgan fingerprint density at radius 1 is 1.19 bits per heavy atom. The van der Waals surface area contributed by atoms with Gasteiger partial charge in [0, 0.05) is 42.4 Å². The van der Waals surface area contributed by atoms with E-state index in [0.717, 1.165) is 35.3 Å². The summed E-state index contributed by atoms with van der Waals surface area (Å²) in [6.07, 6.45) is 11.3. The molecule has 0 amide bonds. The fourth-order valence-electron chi connectivity index (χ4n) is 4.26. The molecular weight excluding hydrogens is 392 g/mol. The zero-order valence-electron chi connectivity index (χ0n) is 16.5. The number of hydrogen-bond acceptors (Lipinski definition) is 8. The van der Waals surface area contributed by atoms with Crippen LogP contribution in [0.3, 0.4) is 0 Å². The molecule has 4 aromatic heterocycles. The molecule has 1 aliphatic heterocycles. The molecule has 1 N–H and O–H groups in total. The fourth-order valence-corrected chi connectivity index (χ4v) is 4.26. The van der Waals surface area contributed by atoms with E-state index < -0.39 is 0 Å². The van der Waals surface area contributed by atoms with Crippen LogP contribution in [0.4, 0.5) is 5.82 Å². The molecule has 31 heavy (non-hydrogen) atoms. The van der Waals surface area contributed by atoms with Crippen molar-refractivity contribution in [3.8, 4) is 23.4 Å². The van der Waals surface area contributed by atoms with Gasteiger partial charge in [0.2, 0.25) is 0 Å². The lowest BCUT2D eigenvalue weighted by atomic mass is 9.96. The Bertz CT molecular complexity index is 1310. The van der Waals surface area contributed by atoms with E-state index in [1.807, 2.05) is 23.1 Å². The van der Waals surface area contributed by atoms with E-state index in [1.54, 1.807) is 6.20 Å². The number of aromatic nitrogens is 7. The lowest BCUT2D eigenvalue weighted by Gasteiger charge is -2.23. The first-order chi connectivity index (χ1) is 15.3. The SMILES string of the molecule is N#CCC([C@H]1CCN(c2ncncc2C#N)C1)n1cc(-c2ncnc3[nH]ccc23)cn1. The molecule has 1 unspecified atom stereocenters. The van der Waals surface area contributed by atoms with Crippen molar-refractivity contribution in [3.63, 3.8) is 0 Å². The molecule has 152 valence electrons. The second-order valence-corrected chi connectivity index (χ2v) is 7.47. The third-order valence-corrected chi connectivity index (χ3v) is 5.75. The summed E-state index contributed by atoms with van der Waals surface area (Å²) in [6.45, 7) is 1.46. The number of H-pyrrole nitrogens is 1. The van der Waals surface area contributed by atoms with Gasteiger partial charge >= 0.3 is 0 Å². The lowest BCUT2D eigenvalue weighted by molar-refractivity contribution is 0.332. The van der Waals surface area contributed by atoms with Gasteiger partial charge in [-0.3, -0.25) is 4.68 Å². The monoisotopic (exact) mass is 410 g/mol. The number of nitrogens with one attached hydrogen (secondary N) is 1. The van der Waals surface area contributed by atoms with Crippen molar-refractivity contribution in [2.75, 3.05) is 18.0 Å². The molecule has 1 saturated heterocycles. The molecule has 10 nitrogen and oxygen atoms in total. The average Bonchev–Trinajstić information content (AvgIpc) is 3.57. The Balaban J connectivity index is 1.42. The second kappa shape index (κ2) is 7.84. The number of anilines is 1. The number of nitrogens with zero attached hydrogens (tertiary/aromatic N) is 9. The minimum Gasteiger partial charge on any atom is -0.355 e. The largest absolute Gasteiger partial charge is 0.355 e. The standard InChI is InChI=1S/C21H18N10/c22-4-1-18(14-3-6-30(10-14)21-15(7-23)8-24-12-28-21)31-11-16(9-29-31)19-17-2-5-25-20(17)27-13-26-19/h2,5,8-9,11-14,18H,1,3,6,10H2,(H,25,26,27)/t14-,18?/m0/s1. The molecule has 0 bridgehead atoms. The Labute approximate surface area is 177 Å². The van der Waals surface area contributed by atoms with Crippen molar-refractivity contribution in [1.82, 2.24) is 34.7 Å². The third-order valence-electron chi connectivity index (χ3n) is 5.75. The van der Waals surface area contributed by atoms with Crippen LogP contribution >= 0.6 is 0 Å². The summed E-state index contributed by atoms with van der Waals surface area (Å²) in [5.74, 6) is 0.847. The van der Waals surface area contributed by atoms with Gasteiger partial charge in [-0.1, -0.05) is 0 Å². The third kappa shape index (κ3) is 3.34. The van der Waals surface area contributed by atoms with E-state index in [9.17, 15) is 10.5 Å². The van der Waals surface area contributed by atoms with Crippen LogP contribution < -0.4 is 4.90 Å². The molecule has 0 spiro atoms. The maximum absolute atomic E-state index is 9.47. The predicted molar refractivity (Wildman–Crippen MR) is 111 cm³/mol. The molecule has 0 radical (unpaired) electrons. The van der Waals surface area contributed by atoms with E-state index in [4.69, 9.17) is 0 Å². The summed E-state index contributed by atoms with van der Waals surface area (Å²) in [7, 11) is 0. The van der Waals surface area contributed by atoms with Crippen LogP contribution in [0, 0.1) is 28.6 Å². The zero-order chi connectivity index (χ0) is 21.2. The van der Waals surface area contributed by atoms with E-state index >= 15 is 0 Å². The summed E-state index contributed by atoms with van der Waals surface area (Å²) in [5, 5.41) is 24.3. The Hall–Kier alpha value is -4.31. The van der Waals surface area contributed by atoms with Crippen LogP contribution in [0.1, 0.15) is 24.4 Å². The number of rotatable bonds is 5. The lowest BCUT2D eigenvalue weighted by Crippen LogP contribution is -2.26. The van der Waals surface area contributed by atoms with Gasteiger partial charge in [-0.25, -0.2) is 19.9 Å².